The molecule has 0 aliphatic rings. The monoisotopic (exact) mass is 412 g/mol. The zero-order chi connectivity index (χ0) is 22.2. The lowest BCUT2D eigenvalue weighted by molar-refractivity contribution is 0.414. The first-order chi connectivity index (χ1) is 15.1. The van der Waals surface area contributed by atoms with E-state index in [-0.39, 0.29) is 22.9 Å². The summed E-state index contributed by atoms with van der Waals surface area (Å²) in [5, 5.41) is 19.1. The number of allylic oxidation sites excluding steroid dienone is 2. The highest BCUT2D eigenvalue weighted by molar-refractivity contribution is 5.88. The Balaban J connectivity index is 2.01. The summed E-state index contributed by atoms with van der Waals surface area (Å²) in [5.41, 5.74) is 0.493. The predicted octanol–water partition coefficient (Wildman–Crippen LogP) is 3.58. The molecule has 1 heterocycles. The van der Waals surface area contributed by atoms with Gasteiger partial charge in [0.05, 0.1) is 14.2 Å². The zero-order valence-electron chi connectivity index (χ0n) is 16.7. The molecule has 3 aromatic rings. The van der Waals surface area contributed by atoms with Crippen LogP contribution in [0.3, 0.4) is 0 Å². The zero-order valence-corrected chi connectivity index (χ0v) is 16.7. The van der Waals surface area contributed by atoms with Gasteiger partial charge < -0.3 is 13.9 Å². The number of hydrogen-bond donors (Lipinski definition) is 0. The summed E-state index contributed by atoms with van der Waals surface area (Å²) in [6, 6.07) is 17.8. The summed E-state index contributed by atoms with van der Waals surface area (Å²) in [5.74, 6) is 0.857. The van der Waals surface area contributed by atoms with E-state index in [1.807, 2.05) is 12.1 Å². The van der Waals surface area contributed by atoms with Gasteiger partial charge in [0, 0.05) is 0 Å². The van der Waals surface area contributed by atoms with Crippen LogP contribution in [-0.4, -0.2) is 24.2 Å². The van der Waals surface area contributed by atoms with Crippen molar-refractivity contribution in [3.63, 3.8) is 0 Å². The van der Waals surface area contributed by atoms with Gasteiger partial charge in [-0.3, -0.25) is 0 Å². The smallest absolute Gasteiger partial charge is 0.373 e. The molecule has 0 saturated carbocycles. The van der Waals surface area contributed by atoms with Crippen LogP contribution in [-0.2, 0) is 0 Å². The largest absolute Gasteiger partial charge is 0.497 e. The molecule has 0 unspecified atom stereocenters. The molecule has 3 rings (SSSR count). The Morgan fingerprint density at radius 3 is 1.52 bits per heavy atom. The van der Waals surface area contributed by atoms with Crippen LogP contribution in [0.5, 0.6) is 11.5 Å². The lowest BCUT2D eigenvalue weighted by Gasteiger charge is -2.03. The fourth-order valence-electron chi connectivity index (χ4n) is 2.58. The minimum atomic E-state index is -0.872. The van der Waals surface area contributed by atoms with Crippen LogP contribution in [0.1, 0.15) is 22.9 Å². The van der Waals surface area contributed by atoms with Gasteiger partial charge in [-0.15, -0.1) is 0 Å². The summed E-state index contributed by atoms with van der Waals surface area (Å²) in [4.78, 5) is 19.4. The van der Waals surface area contributed by atoms with E-state index in [0.29, 0.717) is 22.6 Å². The number of nitrogens with zero attached hydrogens (tertiary/aromatic N) is 4. The fourth-order valence-corrected chi connectivity index (χ4v) is 2.58. The van der Waals surface area contributed by atoms with Gasteiger partial charge in [-0.1, -0.05) is 24.3 Å². The molecule has 0 amide bonds. The Labute approximate surface area is 178 Å². The molecule has 8 heteroatoms. The molecule has 0 aliphatic carbocycles. The van der Waals surface area contributed by atoms with Crippen molar-refractivity contribution >= 4 is 23.3 Å². The molecule has 31 heavy (non-hydrogen) atoms. The van der Waals surface area contributed by atoms with Gasteiger partial charge in [-0.05, 0) is 47.5 Å². The molecule has 0 atom stereocenters. The number of ether oxygens (including phenoxy) is 2. The molecular weight excluding hydrogens is 396 g/mol. The summed E-state index contributed by atoms with van der Waals surface area (Å²) in [6.45, 7) is 0. The second-order valence-corrected chi connectivity index (χ2v) is 6.10. The molecular formula is C23H16N4O4. The number of nitriles is 2. The van der Waals surface area contributed by atoms with E-state index >= 15 is 0 Å². The summed E-state index contributed by atoms with van der Waals surface area (Å²) >= 11 is 0. The van der Waals surface area contributed by atoms with E-state index in [1.54, 1.807) is 62.8 Å². The maximum Gasteiger partial charge on any atom is 0.373 e. The van der Waals surface area contributed by atoms with Crippen molar-refractivity contribution in [3.8, 4) is 23.6 Å². The van der Waals surface area contributed by atoms with Crippen LogP contribution in [0, 0.1) is 22.7 Å². The van der Waals surface area contributed by atoms with Crippen LogP contribution >= 0.6 is 0 Å². The molecule has 0 saturated heterocycles. The van der Waals surface area contributed by atoms with Gasteiger partial charge in [-0.2, -0.15) is 20.5 Å². The summed E-state index contributed by atoms with van der Waals surface area (Å²) in [7, 11) is 3.10. The minimum absolute atomic E-state index is 0.00709. The van der Waals surface area contributed by atoms with Crippen molar-refractivity contribution in [2.75, 3.05) is 14.2 Å². The third-order valence-corrected chi connectivity index (χ3v) is 4.14. The Hall–Kier alpha value is -4.69. The van der Waals surface area contributed by atoms with E-state index in [9.17, 15) is 15.3 Å². The van der Waals surface area contributed by atoms with Crippen LogP contribution in [0.15, 0.2) is 57.7 Å². The Bertz CT molecular complexity index is 1180. The van der Waals surface area contributed by atoms with Gasteiger partial charge in [0.15, 0.2) is 0 Å². The summed E-state index contributed by atoms with van der Waals surface area (Å²) in [6.07, 6.45) is 3.02. The number of benzene rings is 2. The van der Waals surface area contributed by atoms with Crippen molar-refractivity contribution in [1.29, 1.82) is 10.5 Å². The molecule has 0 spiro atoms. The number of methoxy groups -OCH3 is 2. The number of hydrogen-bond acceptors (Lipinski definition) is 8. The third kappa shape index (κ3) is 5.22. The van der Waals surface area contributed by atoms with E-state index in [4.69, 9.17) is 13.9 Å². The topological polar surface area (TPSA) is 122 Å². The van der Waals surface area contributed by atoms with Gasteiger partial charge in [-0.25, -0.2) is 4.79 Å². The van der Waals surface area contributed by atoms with Crippen LogP contribution in [0.25, 0.3) is 23.3 Å². The SMILES string of the molecule is COc1ccc(/C=C(/C#N)c2nc(=O)nc(/C(C#N)=C/c3ccc(OC)cc3)o2)cc1. The van der Waals surface area contributed by atoms with Crippen molar-refractivity contribution in [2.45, 2.75) is 0 Å². The Morgan fingerprint density at radius 1 is 0.806 bits per heavy atom. The number of aromatic nitrogens is 2. The quantitative estimate of drug-likeness (QED) is 0.563. The highest BCUT2D eigenvalue weighted by atomic mass is 16.5. The van der Waals surface area contributed by atoms with Crippen LogP contribution in [0.4, 0.5) is 0 Å². The van der Waals surface area contributed by atoms with Crippen molar-refractivity contribution in [3.05, 3.63) is 81.9 Å². The Kier molecular flexibility index (Phi) is 6.57. The molecule has 152 valence electrons. The first kappa shape index (κ1) is 21.0. The fraction of sp³-hybridized carbons (Fsp3) is 0.0870. The van der Waals surface area contributed by atoms with Gasteiger partial charge >= 0.3 is 5.69 Å². The summed E-state index contributed by atoms with van der Waals surface area (Å²) < 4.78 is 15.8. The number of rotatable bonds is 6. The average molecular weight is 412 g/mol. The molecule has 8 nitrogen and oxygen atoms in total. The molecule has 0 fully saturated rings. The van der Waals surface area contributed by atoms with Crippen LogP contribution < -0.4 is 15.2 Å². The average Bonchev–Trinajstić information content (AvgIpc) is 2.81. The van der Waals surface area contributed by atoms with E-state index < -0.39 is 5.69 Å². The highest BCUT2D eigenvalue weighted by Gasteiger charge is 2.14. The lowest BCUT2D eigenvalue weighted by Crippen LogP contribution is -2.14. The first-order valence-corrected chi connectivity index (χ1v) is 8.98. The molecule has 0 radical (unpaired) electrons. The normalized spacial score (nSPS) is 11.4. The molecule has 0 bridgehead atoms. The lowest BCUT2D eigenvalue weighted by atomic mass is 10.1. The first-order valence-electron chi connectivity index (χ1n) is 8.98. The predicted molar refractivity (Wildman–Crippen MR) is 114 cm³/mol. The van der Waals surface area contributed by atoms with E-state index in [1.165, 1.54) is 12.2 Å². The Morgan fingerprint density at radius 2 is 1.19 bits per heavy atom. The maximum atomic E-state index is 12.0. The highest BCUT2D eigenvalue weighted by Crippen LogP contribution is 2.22. The molecule has 0 aliphatic heterocycles. The molecule has 1 aromatic heterocycles. The van der Waals surface area contributed by atoms with Gasteiger partial charge in [0.1, 0.15) is 34.8 Å². The standard InChI is InChI=1S/C23H16N4O4/c1-29-19-7-3-15(4-8-19)11-17(13-24)21-26-23(28)27-22(31-21)18(14-25)12-16-5-9-20(30-2)10-6-16/h3-12H,1-2H3/b17-11-,18-12+. The van der Waals surface area contributed by atoms with E-state index in [2.05, 4.69) is 9.97 Å². The second kappa shape index (κ2) is 9.68. The second-order valence-electron chi connectivity index (χ2n) is 6.10. The minimum Gasteiger partial charge on any atom is -0.497 e. The van der Waals surface area contributed by atoms with Crippen molar-refractivity contribution < 1.29 is 13.9 Å². The van der Waals surface area contributed by atoms with Gasteiger partial charge in [0.2, 0.25) is 11.8 Å². The van der Waals surface area contributed by atoms with Gasteiger partial charge in [0.25, 0.3) is 0 Å². The molecule has 0 N–H and O–H groups in total. The maximum absolute atomic E-state index is 12.0. The van der Waals surface area contributed by atoms with Crippen LogP contribution in [0.2, 0.25) is 0 Å². The van der Waals surface area contributed by atoms with Crippen molar-refractivity contribution in [1.82, 2.24) is 9.97 Å². The van der Waals surface area contributed by atoms with E-state index in [0.717, 1.165) is 0 Å². The molecule has 2 aromatic carbocycles. The van der Waals surface area contributed by atoms with Crippen molar-refractivity contribution in [2.24, 2.45) is 0 Å². The third-order valence-electron chi connectivity index (χ3n) is 4.14.